The third-order valence-electron chi connectivity index (χ3n) is 4.03. The maximum atomic E-state index is 10.3. The lowest BCUT2D eigenvalue weighted by molar-refractivity contribution is 0.317. The maximum absolute atomic E-state index is 10.3. The van der Waals surface area contributed by atoms with Gasteiger partial charge in [0.1, 0.15) is 11.1 Å². The molecule has 0 spiro atoms. The number of halogens is 1. The Morgan fingerprint density at radius 3 is 3.04 bits per heavy atom. The molecule has 0 saturated carbocycles. The topological polar surface area (TPSA) is 68.8 Å². The molecule has 5 nitrogen and oxygen atoms in total. The van der Waals surface area contributed by atoms with E-state index in [1.807, 2.05) is 6.92 Å². The van der Waals surface area contributed by atoms with E-state index in [9.17, 15) is 10.4 Å². The number of likely N-dealkylation sites (N-methyl/N-ethyl adjacent to an activating group) is 1. The van der Waals surface area contributed by atoms with E-state index in [1.54, 1.807) is 29.7 Å². The number of aliphatic imine (C=N–C) groups is 1. The second kappa shape index (κ2) is 7.56. The van der Waals surface area contributed by atoms with E-state index in [0.717, 1.165) is 29.5 Å². The molecule has 2 aromatic rings. The van der Waals surface area contributed by atoms with Gasteiger partial charge in [0.2, 0.25) is 0 Å². The van der Waals surface area contributed by atoms with Gasteiger partial charge in [-0.25, -0.2) is 4.99 Å². The molecule has 0 bridgehead atoms. The van der Waals surface area contributed by atoms with Crippen LogP contribution in [-0.2, 0) is 13.0 Å². The molecule has 1 aromatic heterocycles. The van der Waals surface area contributed by atoms with Crippen LogP contribution in [0.4, 0.5) is 5.00 Å². The van der Waals surface area contributed by atoms with Crippen LogP contribution in [0, 0.1) is 11.3 Å². The minimum absolute atomic E-state index is 0.0494. The van der Waals surface area contributed by atoms with Gasteiger partial charge in [0.25, 0.3) is 0 Å². The predicted molar refractivity (Wildman–Crippen MR) is 103 cm³/mol. The van der Waals surface area contributed by atoms with Gasteiger partial charge in [-0.1, -0.05) is 15.9 Å². The number of phenols is 1. The van der Waals surface area contributed by atoms with Crippen molar-refractivity contribution in [3.63, 3.8) is 0 Å². The van der Waals surface area contributed by atoms with Gasteiger partial charge in [0.05, 0.1) is 12.2 Å². The zero-order valence-corrected chi connectivity index (χ0v) is 16.4. The van der Waals surface area contributed by atoms with Crippen LogP contribution in [0.15, 0.2) is 21.6 Å². The number of nitrogens with zero attached hydrogens (tertiary/aromatic N) is 3. The van der Waals surface area contributed by atoms with Crippen LogP contribution in [0.2, 0.25) is 0 Å². The monoisotopic (exact) mass is 419 g/mol. The standard InChI is InChI=1S/C18H18BrN3O2S/c1-3-24-15-7-12(19)6-11(17(15)23)9-21-18-14(8-20)13-4-5-22(2)10-16(13)25-18/h6-7,9,23H,3-5,10H2,1-2H3. The van der Waals surface area contributed by atoms with Gasteiger partial charge < -0.3 is 14.7 Å². The molecule has 0 radical (unpaired) electrons. The lowest BCUT2D eigenvalue weighted by atomic mass is 10.0. The molecule has 1 aliphatic rings. The summed E-state index contributed by atoms with van der Waals surface area (Å²) < 4.78 is 6.23. The first kappa shape index (κ1) is 17.9. The normalized spacial score (nSPS) is 14.5. The molecular weight excluding hydrogens is 402 g/mol. The summed E-state index contributed by atoms with van der Waals surface area (Å²) in [5, 5.41) is 20.6. The van der Waals surface area contributed by atoms with Crippen molar-refractivity contribution in [3.8, 4) is 17.6 Å². The quantitative estimate of drug-likeness (QED) is 0.752. The summed E-state index contributed by atoms with van der Waals surface area (Å²) in [5.74, 6) is 0.458. The number of rotatable bonds is 4. The van der Waals surface area contributed by atoms with Crippen molar-refractivity contribution < 1.29 is 9.84 Å². The van der Waals surface area contributed by atoms with E-state index in [-0.39, 0.29) is 5.75 Å². The number of thiophene rings is 1. The van der Waals surface area contributed by atoms with Gasteiger partial charge in [0.15, 0.2) is 11.5 Å². The summed E-state index contributed by atoms with van der Waals surface area (Å²) in [6.45, 7) is 4.12. The molecule has 0 aliphatic carbocycles. The fourth-order valence-corrected chi connectivity index (χ4v) is 4.49. The molecule has 2 heterocycles. The summed E-state index contributed by atoms with van der Waals surface area (Å²) in [6, 6.07) is 5.79. The molecule has 0 amide bonds. The molecule has 0 fully saturated rings. The summed E-state index contributed by atoms with van der Waals surface area (Å²) in [6.07, 6.45) is 2.46. The van der Waals surface area contributed by atoms with Crippen molar-refractivity contribution in [3.05, 3.63) is 38.2 Å². The Labute approximate surface area is 159 Å². The van der Waals surface area contributed by atoms with Crippen molar-refractivity contribution >= 4 is 38.5 Å². The first-order valence-corrected chi connectivity index (χ1v) is 9.57. The van der Waals surface area contributed by atoms with Crippen LogP contribution in [0.25, 0.3) is 0 Å². The van der Waals surface area contributed by atoms with E-state index < -0.39 is 0 Å². The van der Waals surface area contributed by atoms with E-state index >= 15 is 0 Å². The summed E-state index contributed by atoms with van der Waals surface area (Å²) in [5.41, 5.74) is 2.32. The minimum atomic E-state index is 0.0494. The van der Waals surface area contributed by atoms with Gasteiger partial charge in [-0.05, 0) is 38.1 Å². The number of nitriles is 1. The molecule has 0 atom stereocenters. The smallest absolute Gasteiger partial charge is 0.166 e. The number of hydrogen-bond acceptors (Lipinski definition) is 6. The Morgan fingerprint density at radius 2 is 2.32 bits per heavy atom. The van der Waals surface area contributed by atoms with Crippen LogP contribution in [-0.4, -0.2) is 36.4 Å². The van der Waals surface area contributed by atoms with E-state index in [1.165, 1.54) is 4.88 Å². The predicted octanol–water partition coefficient (Wildman–Crippen LogP) is 4.23. The van der Waals surface area contributed by atoms with Crippen LogP contribution < -0.4 is 4.74 Å². The Kier molecular flexibility index (Phi) is 5.42. The molecule has 130 valence electrons. The number of hydrogen-bond donors (Lipinski definition) is 1. The Bertz CT molecular complexity index is 870. The molecule has 7 heteroatoms. The second-order valence-corrected chi connectivity index (χ2v) is 7.82. The molecule has 1 aliphatic heterocycles. The first-order valence-electron chi connectivity index (χ1n) is 7.96. The average Bonchev–Trinajstić information content (AvgIpc) is 2.93. The zero-order valence-electron chi connectivity index (χ0n) is 14.0. The second-order valence-electron chi connectivity index (χ2n) is 5.82. The van der Waals surface area contributed by atoms with Crippen LogP contribution >= 0.6 is 27.3 Å². The van der Waals surface area contributed by atoms with Gasteiger partial charge in [-0.2, -0.15) is 5.26 Å². The molecule has 0 saturated heterocycles. The molecule has 25 heavy (non-hydrogen) atoms. The van der Waals surface area contributed by atoms with Gasteiger partial charge in [-0.15, -0.1) is 11.3 Å². The third kappa shape index (κ3) is 3.71. The highest BCUT2D eigenvalue weighted by molar-refractivity contribution is 9.10. The van der Waals surface area contributed by atoms with E-state index in [4.69, 9.17) is 4.74 Å². The van der Waals surface area contributed by atoms with Crippen molar-refractivity contribution in [2.75, 3.05) is 20.2 Å². The molecule has 0 unspecified atom stereocenters. The number of ether oxygens (including phenoxy) is 1. The van der Waals surface area contributed by atoms with Crippen molar-refractivity contribution in [1.82, 2.24) is 4.90 Å². The maximum Gasteiger partial charge on any atom is 0.166 e. The highest BCUT2D eigenvalue weighted by Gasteiger charge is 2.22. The first-order chi connectivity index (χ1) is 12.0. The Morgan fingerprint density at radius 1 is 1.52 bits per heavy atom. The van der Waals surface area contributed by atoms with Crippen LogP contribution in [0.5, 0.6) is 11.5 Å². The molecule has 3 rings (SSSR count). The number of fused-ring (bicyclic) bond motifs is 1. The molecule has 1 N–H and O–H groups in total. The fraction of sp³-hybridized carbons (Fsp3) is 0.333. The lowest BCUT2D eigenvalue weighted by Gasteiger charge is -2.21. The largest absolute Gasteiger partial charge is 0.504 e. The minimum Gasteiger partial charge on any atom is -0.504 e. The van der Waals surface area contributed by atoms with Crippen LogP contribution in [0.1, 0.15) is 28.5 Å². The van der Waals surface area contributed by atoms with Crippen molar-refractivity contribution in [2.45, 2.75) is 19.9 Å². The number of aromatic hydroxyl groups is 1. The lowest BCUT2D eigenvalue weighted by Crippen LogP contribution is -2.25. The molecular formula is C18H18BrN3O2S. The third-order valence-corrected chi connectivity index (χ3v) is 5.61. The van der Waals surface area contributed by atoms with E-state index in [0.29, 0.717) is 28.5 Å². The van der Waals surface area contributed by atoms with Gasteiger partial charge in [0, 0.05) is 34.2 Å². The number of benzene rings is 1. The van der Waals surface area contributed by atoms with Gasteiger partial charge in [-0.3, -0.25) is 0 Å². The summed E-state index contributed by atoms with van der Waals surface area (Å²) in [4.78, 5) is 7.93. The van der Waals surface area contributed by atoms with Crippen LogP contribution in [0.3, 0.4) is 0 Å². The molecule has 1 aromatic carbocycles. The Balaban J connectivity index is 1.97. The number of phenolic OH excluding ortho intramolecular Hbond substituents is 1. The SMILES string of the molecule is CCOc1cc(Br)cc(C=Nc2sc3c(c2C#N)CCN(C)C3)c1O. The summed E-state index contributed by atoms with van der Waals surface area (Å²) in [7, 11) is 2.08. The highest BCUT2D eigenvalue weighted by atomic mass is 79.9. The fourth-order valence-electron chi connectivity index (χ4n) is 2.81. The highest BCUT2D eigenvalue weighted by Crippen LogP contribution is 2.39. The van der Waals surface area contributed by atoms with Crippen molar-refractivity contribution in [2.24, 2.45) is 4.99 Å². The zero-order chi connectivity index (χ0) is 18.0. The summed E-state index contributed by atoms with van der Waals surface area (Å²) >= 11 is 4.96. The van der Waals surface area contributed by atoms with Crippen molar-refractivity contribution in [1.29, 1.82) is 5.26 Å². The Hall–Kier alpha value is -1.88. The van der Waals surface area contributed by atoms with Gasteiger partial charge >= 0.3 is 0 Å². The van der Waals surface area contributed by atoms with E-state index in [2.05, 4.69) is 38.9 Å². The average molecular weight is 420 g/mol.